The summed E-state index contributed by atoms with van der Waals surface area (Å²) in [5.74, 6) is 1.73. The lowest BCUT2D eigenvalue weighted by Crippen LogP contribution is -2.44. The third-order valence-corrected chi connectivity index (χ3v) is 5.33. The highest BCUT2D eigenvalue weighted by molar-refractivity contribution is 5.97. The molecule has 3 aromatic rings. The molecule has 0 saturated carbocycles. The molecule has 1 aliphatic rings. The van der Waals surface area contributed by atoms with Crippen molar-refractivity contribution in [2.75, 3.05) is 6.61 Å². The Morgan fingerprint density at radius 1 is 1.18 bits per heavy atom. The number of rotatable bonds is 6. The number of imidazole rings is 1. The van der Waals surface area contributed by atoms with E-state index in [2.05, 4.69) is 9.13 Å². The van der Waals surface area contributed by atoms with Crippen LogP contribution in [0.25, 0.3) is 11.3 Å². The predicted octanol–water partition coefficient (Wildman–Crippen LogP) is 4.37. The van der Waals surface area contributed by atoms with E-state index >= 15 is 0 Å². The minimum atomic E-state index is -0.313. The van der Waals surface area contributed by atoms with Gasteiger partial charge in [0.05, 0.1) is 19.6 Å². The van der Waals surface area contributed by atoms with E-state index in [0.29, 0.717) is 12.2 Å². The number of ketones is 1. The lowest BCUT2D eigenvalue weighted by atomic mass is 10.0. The molecule has 0 bridgehead atoms. The third kappa shape index (κ3) is 3.33. The topological polar surface area (TPSA) is 35.1 Å². The molecule has 0 unspecified atom stereocenters. The molecule has 1 atom stereocenters. The van der Waals surface area contributed by atoms with Crippen molar-refractivity contribution in [2.24, 2.45) is 0 Å². The molecule has 28 heavy (non-hydrogen) atoms. The maximum Gasteiger partial charge on any atom is 0.257 e. The van der Waals surface area contributed by atoms with Crippen LogP contribution in [0.5, 0.6) is 5.75 Å². The standard InChI is InChI=1S/C23H24FN2O2/c1-3-28-20-12-8-18(9-13-20)23(27)16(2)26-15-21(25-14-4-5-22(25)26)17-6-10-19(24)11-7-17/h6-13,15-16H,3-5,14H2,1-2H3/q+1/t16-/m0/s1. The highest BCUT2D eigenvalue weighted by Gasteiger charge is 2.33. The van der Waals surface area contributed by atoms with E-state index in [9.17, 15) is 9.18 Å². The molecular weight excluding hydrogens is 355 g/mol. The van der Waals surface area contributed by atoms with Gasteiger partial charge in [-0.1, -0.05) is 0 Å². The molecule has 2 aromatic carbocycles. The fourth-order valence-corrected chi connectivity index (χ4v) is 3.90. The largest absolute Gasteiger partial charge is 0.494 e. The van der Waals surface area contributed by atoms with Crippen LogP contribution in [-0.4, -0.2) is 17.0 Å². The summed E-state index contributed by atoms with van der Waals surface area (Å²) in [4.78, 5) is 13.1. The summed E-state index contributed by atoms with van der Waals surface area (Å²) < 4.78 is 23.1. The lowest BCUT2D eigenvalue weighted by Gasteiger charge is -2.10. The summed E-state index contributed by atoms with van der Waals surface area (Å²) in [5, 5.41) is 0. The second-order valence-corrected chi connectivity index (χ2v) is 7.10. The van der Waals surface area contributed by atoms with Gasteiger partial charge in [0.2, 0.25) is 5.78 Å². The normalized spacial score (nSPS) is 14.0. The average Bonchev–Trinajstić information content (AvgIpc) is 3.31. The van der Waals surface area contributed by atoms with Gasteiger partial charge in [-0.25, -0.2) is 13.5 Å². The minimum Gasteiger partial charge on any atom is -0.494 e. The van der Waals surface area contributed by atoms with Crippen LogP contribution in [0.1, 0.15) is 42.5 Å². The van der Waals surface area contributed by atoms with Gasteiger partial charge in [0.25, 0.3) is 5.82 Å². The summed E-state index contributed by atoms with van der Waals surface area (Å²) in [6, 6.07) is 13.5. The summed E-state index contributed by atoms with van der Waals surface area (Å²) in [6.07, 6.45) is 4.01. The first kappa shape index (κ1) is 18.4. The van der Waals surface area contributed by atoms with Gasteiger partial charge >= 0.3 is 0 Å². The summed E-state index contributed by atoms with van der Waals surface area (Å²) in [7, 11) is 0. The number of aromatic nitrogens is 2. The van der Waals surface area contributed by atoms with Crippen LogP contribution in [0, 0.1) is 5.82 Å². The number of hydrogen-bond acceptors (Lipinski definition) is 2. The lowest BCUT2D eigenvalue weighted by molar-refractivity contribution is -0.710. The van der Waals surface area contributed by atoms with Gasteiger partial charge in [0.1, 0.15) is 17.8 Å². The fourth-order valence-electron chi connectivity index (χ4n) is 3.90. The Bertz CT molecular complexity index is 991. The quantitative estimate of drug-likeness (QED) is 0.471. The number of ether oxygens (including phenoxy) is 1. The van der Waals surface area contributed by atoms with Gasteiger partial charge in [-0.2, -0.15) is 0 Å². The molecule has 1 aromatic heterocycles. The zero-order chi connectivity index (χ0) is 19.7. The Labute approximate surface area is 164 Å². The number of benzene rings is 2. The van der Waals surface area contributed by atoms with E-state index in [1.807, 2.05) is 44.3 Å². The Morgan fingerprint density at radius 3 is 2.57 bits per heavy atom. The molecule has 144 valence electrons. The molecule has 0 saturated heterocycles. The molecule has 2 heterocycles. The number of fused-ring (bicyclic) bond motifs is 1. The highest BCUT2D eigenvalue weighted by Crippen LogP contribution is 2.26. The number of nitrogens with zero attached hydrogens (tertiary/aromatic N) is 2. The Kier molecular flexibility index (Phi) is 4.99. The van der Waals surface area contributed by atoms with Gasteiger partial charge in [-0.15, -0.1) is 0 Å². The molecular formula is C23H24FN2O2+. The fraction of sp³-hybridized carbons (Fsp3) is 0.304. The molecule has 0 N–H and O–H groups in total. The first-order valence-corrected chi connectivity index (χ1v) is 9.75. The van der Waals surface area contributed by atoms with Crippen molar-refractivity contribution in [2.45, 2.75) is 39.3 Å². The van der Waals surface area contributed by atoms with Gasteiger partial charge in [0, 0.05) is 11.1 Å². The van der Waals surface area contributed by atoms with Gasteiger partial charge < -0.3 is 4.74 Å². The van der Waals surface area contributed by atoms with E-state index in [1.54, 1.807) is 12.1 Å². The molecule has 0 radical (unpaired) electrons. The van der Waals surface area contributed by atoms with Crippen molar-refractivity contribution < 1.29 is 18.5 Å². The van der Waals surface area contributed by atoms with Crippen molar-refractivity contribution in [1.29, 1.82) is 0 Å². The first-order chi connectivity index (χ1) is 13.6. The number of Topliss-reactive ketones (excluding diaryl/α,β-unsaturated/α-hetero) is 1. The van der Waals surface area contributed by atoms with Gasteiger partial charge in [-0.3, -0.25) is 4.79 Å². The maximum atomic E-state index is 13.3. The van der Waals surface area contributed by atoms with Gasteiger partial charge in [-0.05, 0) is 68.8 Å². The molecule has 5 heteroatoms. The maximum absolute atomic E-state index is 13.3. The average molecular weight is 379 g/mol. The second kappa shape index (κ2) is 7.58. The van der Waals surface area contributed by atoms with Gasteiger partial charge in [0.15, 0.2) is 11.7 Å². The van der Waals surface area contributed by atoms with Crippen LogP contribution in [0.3, 0.4) is 0 Å². The number of carbonyl (C=O) groups excluding carboxylic acids is 1. The van der Waals surface area contributed by atoms with Crippen molar-refractivity contribution >= 4 is 5.78 Å². The molecule has 0 aliphatic carbocycles. The Balaban J connectivity index is 1.66. The zero-order valence-corrected chi connectivity index (χ0v) is 16.2. The van der Waals surface area contributed by atoms with E-state index in [1.165, 1.54) is 12.1 Å². The first-order valence-electron chi connectivity index (χ1n) is 9.75. The highest BCUT2D eigenvalue weighted by atomic mass is 19.1. The Hall–Kier alpha value is -2.95. The van der Waals surface area contributed by atoms with Crippen LogP contribution < -0.4 is 9.30 Å². The number of carbonyl (C=O) groups is 1. The van der Waals surface area contributed by atoms with Crippen LogP contribution in [0.2, 0.25) is 0 Å². The summed E-state index contributed by atoms with van der Waals surface area (Å²) in [5.41, 5.74) is 2.66. The van der Waals surface area contributed by atoms with Crippen LogP contribution in [-0.2, 0) is 13.0 Å². The molecule has 4 rings (SSSR count). The zero-order valence-electron chi connectivity index (χ0n) is 16.2. The molecule has 0 spiro atoms. The monoisotopic (exact) mass is 379 g/mol. The number of hydrogen-bond donors (Lipinski definition) is 0. The Morgan fingerprint density at radius 2 is 1.89 bits per heavy atom. The minimum absolute atomic E-state index is 0.0685. The van der Waals surface area contributed by atoms with E-state index in [4.69, 9.17) is 4.74 Å². The van der Waals surface area contributed by atoms with E-state index < -0.39 is 0 Å². The SMILES string of the molecule is CCOc1ccc(C(=O)[C@H](C)[n+]2cc(-c3ccc(F)cc3)n3c2CCC3)cc1. The number of halogens is 1. The van der Waals surface area contributed by atoms with Crippen molar-refractivity contribution in [3.05, 3.63) is 71.9 Å². The smallest absolute Gasteiger partial charge is 0.257 e. The second-order valence-electron chi connectivity index (χ2n) is 7.10. The predicted molar refractivity (Wildman–Crippen MR) is 105 cm³/mol. The van der Waals surface area contributed by atoms with Crippen LogP contribution in [0.4, 0.5) is 4.39 Å². The molecule has 1 aliphatic heterocycles. The summed E-state index contributed by atoms with van der Waals surface area (Å²) in [6.45, 7) is 5.39. The third-order valence-electron chi connectivity index (χ3n) is 5.33. The van der Waals surface area contributed by atoms with E-state index in [-0.39, 0.29) is 17.6 Å². The van der Waals surface area contributed by atoms with Crippen molar-refractivity contribution in [1.82, 2.24) is 4.57 Å². The summed E-state index contributed by atoms with van der Waals surface area (Å²) >= 11 is 0. The van der Waals surface area contributed by atoms with E-state index in [0.717, 1.165) is 42.2 Å². The van der Waals surface area contributed by atoms with Crippen molar-refractivity contribution in [3.8, 4) is 17.0 Å². The molecule has 0 amide bonds. The molecule has 0 fully saturated rings. The van der Waals surface area contributed by atoms with Crippen molar-refractivity contribution in [3.63, 3.8) is 0 Å². The van der Waals surface area contributed by atoms with Crippen LogP contribution in [0.15, 0.2) is 54.7 Å². The van der Waals surface area contributed by atoms with Crippen LogP contribution >= 0.6 is 0 Å². The molecule has 4 nitrogen and oxygen atoms in total.